The Balaban J connectivity index is 0.000000304. The molecule has 3 N–H and O–H groups in total. The number of rotatable bonds is 7. The molecule has 1 amide bonds. The fourth-order valence-corrected chi connectivity index (χ4v) is 3.68. The number of nitro benzene ring substituents is 1. The lowest BCUT2D eigenvalue weighted by molar-refractivity contribution is -0.693. The van der Waals surface area contributed by atoms with E-state index in [-0.39, 0.29) is 16.5 Å². The average molecular weight is 536 g/mol. The molecule has 0 bridgehead atoms. The van der Waals surface area contributed by atoms with Gasteiger partial charge in [0.2, 0.25) is 0 Å². The molecule has 0 aliphatic heterocycles. The lowest BCUT2D eigenvalue weighted by Crippen LogP contribution is -2.30. The van der Waals surface area contributed by atoms with E-state index in [4.69, 9.17) is 4.55 Å². The first kappa shape index (κ1) is 28.0. The van der Waals surface area contributed by atoms with Crippen LogP contribution in [0, 0.1) is 17.0 Å². The second-order valence-electron chi connectivity index (χ2n) is 8.17. The van der Waals surface area contributed by atoms with E-state index in [0.717, 1.165) is 23.5 Å². The number of nitrogens with one attached hydrogen (secondary N) is 2. The average Bonchev–Trinajstić information content (AvgIpc) is 2.90. The summed E-state index contributed by atoms with van der Waals surface area (Å²) in [6.07, 6.45) is 4.00. The van der Waals surface area contributed by atoms with Crippen molar-refractivity contribution in [2.24, 2.45) is 0 Å². The number of carbonyl (C=O) groups excluding carboxylic acids is 1. The van der Waals surface area contributed by atoms with Gasteiger partial charge in [-0.25, -0.2) is 4.57 Å². The highest BCUT2D eigenvalue weighted by atomic mass is 32.2. The number of nitro groups is 1. The van der Waals surface area contributed by atoms with Crippen LogP contribution in [-0.4, -0.2) is 23.8 Å². The molecule has 38 heavy (non-hydrogen) atoms. The molecule has 0 atom stereocenters. The van der Waals surface area contributed by atoms with Crippen LogP contribution >= 0.6 is 0 Å². The van der Waals surface area contributed by atoms with E-state index in [1.54, 1.807) is 24.3 Å². The summed E-state index contributed by atoms with van der Waals surface area (Å²) >= 11 is 0. The van der Waals surface area contributed by atoms with Crippen molar-refractivity contribution in [3.63, 3.8) is 0 Å². The van der Waals surface area contributed by atoms with E-state index < -0.39 is 15.0 Å². The summed E-state index contributed by atoms with van der Waals surface area (Å²) in [5.41, 5.74) is 3.78. The molecule has 0 saturated carbocycles. The van der Waals surface area contributed by atoms with Crippen molar-refractivity contribution < 1.29 is 27.3 Å². The number of aryl methyl sites for hydroxylation is 2. The molecule has 1 heterocycles. The molecule has 0 aliphatic carbocycles. The number of anilines is 3. The standard InChI is InChI=1S/C20H18N4O3.C7H8O3S/c1-2-23-13-11-18(12-14-23)21-16-5-7-17(8-6-16)22-20(25)15-3-9-19(10-4-15)24(26)27;1-6-2-4-7(5-3-6)11(8,9)10/h3-14H,2H2,1H3,(H,22,25);2-5H,1H3,(H,8,9,10)/p+1. The first-order valence-electron chi connectivity index (χ1n) is 11.5. The molecular formula is C27H27N4O6S+. The molecule has 4 rings (SSSR count). The maximum Gasteiger partial charge on any atom is 0.294 e. The highest BCUT2D eigenvalue weighted by Crippen LogP contribution is 2.19. The second-order valence-corrected chi connectivity index (χ2v) is 9.59. The van der Waals surface area contributed by atoms with Gasteiger partial charge in [-0.2, -0.15) is 8.42 Å². The number of non-ortho nitro benzene ring substituents is 1. The van der Waals surface area contributed by atoms with Gasteiger partial charge < -0.3 is 10.6 Å². The molecular weight excluding hydrogens is 508 g/mol. The van der Waals surface area contributed by atoms with Gasteiger partial charge in [-0.1, -0.05) is 17.7 Å². The normalized spacial score (nSPS) is 10.6. The molecule has 0 radical (unpaired) electrons. The molecule has 0 unspecified atom stereocenters. The van der Waals surface area contributed by atoms with Crippen molar-refractivity contribution >= 4 is 38.8 Å². The first-order valence-corrected chi connectivity index (χ1v) is 13.0. The van der Waals surface area contributed by atoms with Crippen LogP contribution in [0.25, 0.3) is 0 Å². The number of hydrogen-bond donors (Lipinski definition) is 3. The molecule has 3 aromatic carbocycles. The SMILES string of the molecule is CC[n+]1ccc(Nc2ccc(NC(=O)c3ccc([N+](=O)[O-])cc3)cc2)cc1.Cc1ccc(S(=O)(=O)O)cc1. The lowest BCUT2D eigenvalue weighted by atomic mass is 10.2. The van der Waals surface area contributed by atoms with Crippen LogP contribution in [0.4, 0.5) is 22.7 Å². The summed E-state index contributed by atoms with van der Waals surface area (Å²) < 4.78 is 31.6. The van der Waals surface area contributed by atoms with Gasteiger partial charge in [-0.3, -0.25) is 19.5 Å². The smallest absolute Gasteiger partial charge is 0.294 e. The summed E-state index contributed by atoms with van der Waals surface area (Å²) in [4.78, 5) is 22.3. The van der Waals surface area contributed by atoms with Crippen molar-refractivity contribution in [1.82, 2.24) is 0 Å². The number of carbonyl (C=O) groups is 1. The van der Waals surface area contributed by atoms with E-state index >= 15 is 0 Å². The molecule has 1 aromatic heterocycles. The number of hydrogen-bond acceptors (Lipinski definition) is 6. The van der Waals surface area contributed by atoms with Gasteiger partial charge in [0.1, 0.15) is 6.54 Å². The van der Waals surface area contributed by atoms with Crippen molar-refractivity contribution in [2.75, 3.05) is 10.6 Å². The highest BCUT2D eigenvalue weighted by molar-refractivity contribution is 7.85. The minimum Gasteiger partial charge on any atom is -0.355 e. The van der Waals surface area contributed by atoms with Crippen LogP contribution in [-0.2, 0) is 16.7 Å². The molecule has 0 saturated heterocycles. The third kappa shape index (κ3) is 8.22. The molecule has 10 nitrogen and oxygen atoms in total. The summed E-state index contributed by atoms with van der Waals surface area (Å²) in [6, 6.07) is 22.8. The van der Waals surface area contributed by atoms with Gasteiger partial charge in [0.15, 0.2) is 12.4 Å². The predicted octanol–water partition coefficient (Wildman–Crippen LogP) is 5.14. The van der Waals surface area contributed by atoms with Crippen LogP contribution < -0.4 is 15.2 Å². The highest BCUT2D eigenvalue weighted by Gasteiger charge is 2.10. The zero-order valence-electron chi connectivity index (χ0n) is 20.7. The third-order valence-electron chi connectivity index (χ3n) is 5.35. The topological polar surface area (TPSA) is 143 Å². The van der Waals surface area contributed by atoms with Crippen molar-refractivity contribution in [2.45, 2.75) is 25.3 Å². The molecule has 11 heteroatoms. The number of aromatic nitrogens is 1. The minimum absolute atomic E-state index is 0.0488. The third-order valence-corrected chi connectivity index (χ3v) is 6.21. The van der Waals surface area contributed by atoms with E-state index in [0.29, 0.717) is 11.3 Å². The van der Waals surface area contributed by atoms with E-state index in [9.17, 15) is 23.3 Å². The maximum absolute atomic E-state index is 12.2. The van der Waals surface area contributed by atoms with Crippen LogP contribution in [0.1, 0.15) is 22.8 Å². The van der Waals surface area contributed by atoms with Crippen LogP contribution in [0.15, 0.2) is 102 Å². The van der Waals surface area contributed by atoms with Gasteiger partial charge in [-0.05, 0) is 62.4 Å². The summed E-state index contributed by atoms with van der Waals surface area (Å²) in [6.45, 7) is 4.84. The van der Waals surface area contributed by atoms with Crippen molar-refractivity contribution in [3.05, 3.63) is 119 Å². The number of nitrogens with zero attached hydrogens (tertiary/aromatic N) is 2. The quantitative estimate of drug-likeness (QED) is 0.129. The molecule has 0 spiro atoms. The number of pyridine rings is 1. The van der Waals surface area contributed by atoms with Crippen molar-refractivity contribution in [1.29, 1.82) is 0 Å². The van der Waals surface area contributed by atoms with Crippen molar-refractivity contribution in [3.8, 4) is 0 Å². The summed E-state index contributed by atoms with van der Waals surface area (Å²) in [5.74, 6) is -0.321. The lowest BCUT2D eigenvalue weighted by Gasteiger charge is -2.08. The number of benzene rings is 3. The Labute approximate surface area is 220 Å². The fraction of sp³-hybridized carbons (Fsp3) is 0.111. The first-order chi connectivity index (χ1) is 18.0. The Morgan fingerprint density at radius 3 is 1.89 bits per heavy atom. The van der Waals surface area contributed by atoms with Crippen LogP contribution in [0.3, 0.4) is 0 Å². The van der Waals surface area contributed by atoms with E-state index in [2.05, 4.69) is 22.1 Å². The molecule has 196 valence electrons. The fourth-order valence-electron chi connectivity index (χ4n) is 3.20. The largest absolute Gasteiger partial charge is 0.355 e. The number of amides is 1. The van der Waals surface area contributed by atoms with E-state index in [1.165, 1.54) is 36.4 Å². The molecule has 0 aliphatic rings. The maximum atomic E-state index is 12.2. The zero-order chi connectivity index (χ0) is 27.7. The van der Waals surface area contributed by atoms with E-state index in [1.807, 2.05) is 43.6 Å². The van der Waals surface area contributed by atoms with Gasteiger partial charge >= 0.3 is 0 Å². The summed E-state index contributed by atoms with van der Waals surface area (Å²) in [7, 11) is -4.02. The Bertz CT molecular complexity index is 1490. The Kier molecular flexibility index (Phi) is 9.25. The van der Waals surface area contributed by atoms with Gasteiger partial charge in [0, 0.05) is 41.2 Å². The minimum atomic E-state index is -4.02. The Hall–Kier alpha value is -4.61. The van der Waals surface area contributed by atoms with Gasteiger partial charge in [0.25, 0.3) is 21.7 Å². The molecule has 0 fully saturated rings. The zero-order valence-corrected chi connectivity index (χ0v) is 21.6. The van der Waals surface area contributed by atoms with Crippen LogP contribution in [0.2, 0.25) is 0 Å². The monoisotopic (exact) mass is 535 g/mol. The van der Waals surface area contributed by atoms with Crippen LogP contribution in [0.5, 0.6) is 0 Å². The second kappa shape index (κ2) is 12.6. The van der Waals surface area contributed by atoms with Gasteiger partial charge in [0.05, 0.1) is 15.5 Å². The van der Waals surface area contributed by atoms with Gasteiger partial charge in [-0.15, -0.1) is 0 Å². The Morgan fingerprint density at radius 2 is 1.39 bits per heavy atom. The predicted molar refractivity (Wildman–Crippen MR) is 144 cm³/mol. The summed E-state index contributed by atoms with van der Waals surface area (Å²) in [5, 5.41) is 16.7. The molecule has 4 aromatic rings. The Morgan fingerprint density at radius 1 is 0.868 bits per heavy atom.